The van der Waals surface area contributed by atoms with Gasteiger partial charge in [0.05, 0.1) is 6.67 Å². The van der Waals surface area contributed by atoms with Crippen LogP contribution in [-0.2, 0) is 12.8 Å². The molecule has 0 aliphatic carbocycles. The second kappa shape index (κ2) is 8.29. The van der Waals surface area contributed by atoms with E-state index in [1.165, 1.54) is 36.8 Å². The summed E-state index contributed by atoms with van der Waals surface area (Å²) in [5.74, 6) is -0.216. The molecule has 0 amide bonds. The van der Waals surface area contributed by atoms with E-state index in [2.05, 4.69) is 39.0 Å². The van der Waals surface area contributed by atoms with E-state index in [0.29, 0.717) is 0 Å². The third-order valence-corrected chi connectivity index (χ3v) is 3.37. The maximum Gasteiger partial charge on any atom is 0.0962 e. The number of aryl methyl sites for hydroxylation is 2. The minimum Gasteiger partial charge on any atom is -0.250 e. The maximum absolute atomic E-state index is 12.8. The smallest absolute Gasteiger partial charge is 0.0962 e. The van der Waals surface area contributed by atoms with Crippen molar-refractivity contribution in [3.8, 4) is 0 Å². The highest BCUT2D eigenvalue weighted by Gasteiger charge is 2.08. The van der Waals surface area contributed by atoms with Crippen LogP contribution in [-0.4, -0.2) is 6.67 Å². The molecular weight excluding hydrogens is 223 g/mol. The van der Waals surface area contributed by atoms with Crippen molar-refractivity contribution in [3.05, 3.63) is 41.8 Å². The van der Waals surface area contributed by atoms with Crippen LogP contribution in [0.4, 0.5) is 4.39 Å². The zero-order valence-corrected chi connectivity index (χ0v) is 11.8. The SMILES string of the molecule is [CH2]C(CF)c1cc(CCCC)cc(CCCC)c1. The fraction of sp³-hybridized carbons (Fsp3) is 0.588. The Morgan fingerprint density at radius 2 is 1.50 bits per heavy atom. The first kappa shape index (κ1) is 15.2. The zero-order chi connectivity index (χ0) is 13.4. The molecule has 0 N–H and O–H groups in total. The Balaban J connectivity index is 2.88. The summed E-state index contributed by atoms with van der Waals surface area (Å²) in [6.07, 6.45) is 7.00. The number of hydrogen-bond acceptors (Lipinski definition) is 0. The predicted octanol–water partition coefficient (Wildman–Crippen LogP) is 5.26. The molecule has 18 heavy (non-hydrogen) atoms. The van der Waals surface area contributed by atoms with E-state index in [9.17, 15) is 4.39 Å². The Morgan fingerprint density at radius 1 is 1.00 bits per heavy atom. The largest absolute Gasteiger partial charge is 0.250 e. The lowest BCUT2D eigenvalue weighted by molar-refractivity contribution is 0.465. The molecule has 1 aromatic rings. The van der Waals surface area contributed by atoms with Gasteiger partial charge in [-0.3, -0.25) is 4.39 Å². The molecule has 1 unspecified atom stereocenters. The quantitative estimate of drug-likeness (QED) is 0.589. The van der Waals surface area contributed by atoms with Crippen LogP contribution in [0.1, 0.15) is 62.1 Å². The number of rotatable bonds is 8. The van der Waals surface area contributed by atoms with E-state index >= 15 is 0 Å². The Bertz CT molecular complexity index is 317. The summed E-state index contributed by atoms with van der Waals surface area (Å²) in [5.41, 5.74) is 3.77. The summed E-state index contributed by atoms with van der Waals surface area (Å²) in [5, 5.41) is 0. The molecule has 1 radical (unpaired) electrons. The lowest BCUT2D eigenvalue weighted by Gasteiger charge is -2.13. The van der Waals surface area contributed by atoms with Crippen molar-refractivity contribution in [1.82, 2.24) is 0 Å². The second-order valence-corrected chi connectivity index (χ2v) is 5.14. The molecule has 1 aromatic carbocycles. The van der Waals surface area contributed by atoms with Crippen molar-refractivity contribution in [1.29, 1.82) is 0 Å². The van der Waals surface area contributed by atoms with Crippen molar-refractivity contribution in [2.75, 3.05) is 6.67 Å². The minimum atomic E-state index is -0.371. The van der Waals surface area contributed by atoms with E-state index < -0.39 is 0 Å². The number of benzene rings is 1. The second-order valence-electron chi connectivity index (χ2n) is 5.14. The first-order valence-corrected chi connectivity index (χ1v) is 7.23. The minimum absolute atomic E-state index is 0.216. The van der Waals surface area contributed by atoms with Gasteiger partial charge in [-0.15, -0.1) is 0 Å². The Labute approximate surface area is 112 Å². The monoisotopic (exact) mass is 249 g/mol. The van der Waals surface area contributed by atoms with Crippen LogP contribution < -0.4 is 0 Å². The van der Waals surface area contributed by atoms with Gasteiger partial charge < -0.3 is 0 Å². The highest BCUT2D eigenvalue weighted by Crippen LogP contribution is 2.21. The van der Waals surface area contributed by atoms with E-state index in [1.54, 1.807) is 0 Å². The van der Waals surface area contributed by atoms with Gasteiger partial charge in [-0.2, -0.15) is 0 Å². The topological polar surface area (TPSA) is 0 Å². The van der Waals surface area contributed by atoms with Crippen LogP contribution in [0.5, 0.6) is 0 Å². The lowest BCUT2D eigenvalue weighted by atomic mass is 9.93. The van der Waals surface area contributed by atoms with Gasteiger partial charge in [-0.1, -0.05) is 44.9 Å². The van der Waals surface area contributed by atoms with Gasteiger partial charge in [-0.25, -0.2) is 0 Å². The normalized spacial score (nSPS) is 12.7. The van der Waals surface area contributed by atoms with Gasteiger partial charge in [0.25, 0.3) is 0 Å². The average Bonchev–Trinajstić information content (AvgIpc) is 2.41. The van der Waals surface area contributed by atoms with Crippen LogP contribution in [0, 0.1) is 6.92 Å². The fourth-order valence-electron chi connectivity index (χ4n) is 2.17. The van der Waals surface area contributed by atoms with Gasteiger partial charge in [0.1, 0.15) is 0 Å². The summed E-state index contributed by atoms with van der Waals surface area (Å²) in [7, 11) is 0. The zero-order valence-electron chi connectivity index (χ0n) is 11.8. The molecule has 0 aliphatic rings. The molecule has 1 rings (SSSR count). The van der Waals surface area contributed by atoms with E-state index in [4.69, 9.17) is 0 Å². The molecule has 0 aliphatic heterocycles. The van der Waals surface area contributed by atoms with Crippen molar-refractivity contribution in [2.45, 2.75) is 58.3 Å². The summed E-state index contributed by atoms with van der Waals surface area (Å²) in [6, 6.07) is 6.57. The van der Waals surface area contributed by atoms with Crippen LogP contribution in [0.3, 0.4) is 0 Å². The number of alkyl halides is 1. The molecule has 0 fully saturated rings. The molecule has 1 heteroatoms. The predicted molar refractivity (Wildman–Crippen MR) is 77.7 cm³/mol. The first-order chi connectivity index (χ1) is 8.71. The van der Waals surface area contributed by atoms with Crippen molar-refractivity contribution >= 4 is 0 Å². The van der Waals surface area contributed by atoms with Gasteiger partial charge in [0, 0.05) is 5.92 Å². The Kier molecular flexibility index (Phi) is 7.00. The molecule has 0 bridgehead atoms. The van der Waals surface area contributed by atoms with Crippen LogP contribution in [0.2, 0.25) is 0 Å². The Morgan fingerprint density at radius 3 is 1.89 bits per heavy atom. The van der Waals surface area contributed by atoms with Crippen LogP contribution in [0.15, 0.2) is 18.2 Å². The Hall–Kier alpha value is -0.850. The molecule has 1 atom stereocenters. The summed E-state index contributed by atoms with van der Waals surface area (Å²) in [6.45, 7) is 7.93. The van der Waals surface area contributed by atoms with E-state index in [-0.39, 0.29) is 12.6 Å². The number of hydrogen-bond donors (Lipinski definition) is 0. The summed E-state index contributed by atoms with van der Waals surface area (Å²) in [4.78, 5) is 0. The molecule has 0 nitrogen and oxygen atoms in total. The highest BCUT2D eigenvalue weighted by atomic mass is 19.1. The fourth-order valence-corrected chi connectivity index (χ4v) is 2.17. The first-order valence-electron chi connectivity index (χ1n) is 7.23. The van der Waals surface area contributed by atoms with Crippen LogP contribution >= 0.6 is 0 Å². The molecule has 0 spiro atoms. The van der Waals surface area contributed by atoms with Gasteiger partial charge in [0.15, 0.2) is 0 Å². The molecule has 101 valence electrons. The third-order valence-electron chi connectivity index (χ3n) is 3.37. The van der Waals surface area contributed by atoms with Crippen molar-refractivity contribution in [3.63, 3.8) is 0 Å². The molecule has 0 aromatic heterocycles. The maximum atomic E-state index is 12.8. The third kappa shape index (κ3) is 4.80. The molecular formula is C17H26F. The average molecular weight is 249 g/mol. The van der Waals surface area contributed by atoms with Crippen molar-refractivity contribution in [2.24, 2.45) is 0 Å². The highest BCUT2D eigenvalue weighted by molar-refractivity contribution is 5.33. The molecule has 0 saturated heterocycles. The van der Waals surface area contributed by atoms with E-state index in [1.807, 2.05) is 0 Å². The van der Waals surface area contributed by atoms with Crippen molar-refractivity contribution < 1.29 is 4.39 Å². The summed E-state index contributed by atoms with van der Waals surface area (Å²) < 4.78 is 12.8. The number of unbranched alkanes of at least 4 members (excludes halogenated alkanes) is 2. The summed E-state index contributed by atoms with van der Waals surface area (Å²) >= 11 is 0. The molecule has 0 saturated carbocycles. The van der Waals surface area contributed by atoms with Crippen LogP contribution in [0.25, 0.3) is 0 Å². The van der Waals surface area contributed by atoms with E-state index in [0.717, 1.165) is 18.4 Å². The molecule has 0 heterocycles. The van der Waals surface area contributed by atoms with Gasteiger partial charge in [0.2, 0.25) is 0 Å². The lowest BCUT2D eigenvalue weighted by Crippen LogP contribution is -2.00. The number of halogens is 1. The standard InChI is InChI=1S/C17H26F/c1-4-6-8-15-10-16(9-7-5-2)12-17(11-15)14(3)13-18/h10-12,14H,3-9,13H2,1-2H3. The van der Waals surface area contributed by atoms with Gasteiger partial charge in [-0.05, 0) is 49.3 Å². The van der Waals surface area contributed by atoms with Gasteiger partial charge >= 0.3 is 0 Å².